The first-order valence-corrected chi connectivity index (χ1v) is 10.0. The summed E-state index contributed by atoms with van der Waals surface area (Å²) in [5.74, 6) is -1.36. The maximum Gasteiger partial charge on any atom is 0.244 e. The Balaban J connectivity index is 1.77. The van der Waals surface area contributed by atoms with Crippen LogP contribution in [0.25, 0.3) is 10.9 Å². The van der Waals surface area contributed by atoms with E-state index >= 15 is 0 Å². The molecule has 6 nitrogen and oxygen atoms in total. The molecule has 31 heavy (non-hydrogen) atoms. The monoisotopic (exact) mass is 479 g/mol. The van der Waals surface area contributed by atoms with Gasteiger partial charge >= 0.3 is 0 Å². The van der Waals surface area contributed by atoms with Gasteiger partial charge in [-0.05, 0) is 48.5 Å². The molecule has 2 heterocycles. The van der Waals surface area contributed by atoms with Crippen LogP contribution in [-0.2, 0) is 11.3 Å². The van der Waals surface area contributed by atoms with Crippen LogP contribution < -0.4 is 10.7 Å². The summed E-state index contributed by atoms with van der Waals surface area (Å²) in [4.78, 5) is 42.5. The Morgan fingerprint density at radius 3 is 2.58 bits per heavy atom. The number of benzene rings is 2. The van der Waals surface area contributed by atoms with Gasteiger partial charge < -0.3 is 9.88 Å². The van der Waals surface area contributed by atoms with Crippen LogP contribution in [-0.4, -0.2) is 21.2 Å². The Kier molecular flexibility index (Phi) is 5.73. The molecule has 0 unspecified atom stereocenters. The minimum atomic E-state index is -0.471. The van der Waals surface area contributed by atoms with E-state index in [1.807, 2.05) is 0 Å². The van der Waals surface area contributed by atoms with Gasteiger partial charge in [-0.3, -0.25) is 19.4 Å². The van der Waals surface area contributed by atoms with Gasteiger partial charge in [0.05, 0.1) is 11.1 Å². The number of halogens is 2. The van der Waals surface area contributed by atoms with E-state index in [1.165, 1.54) is 53.5 Å². The molecule has 0 aliphatic heterocycles. The molecule has 0 radical (unpaired) electrons. The number of ketones is 1. The van der Waals surface area contributed by atoms with Crippen LogP contribution in [0.5, 0.6) is 0 Å². The van der Waals surface area contributed by atoms with E-state index in [2.05, 4.69) is 26.2 Å². The first kappa shape index (κ1) is 20.6. The van der Waals surface area contributed by atoms with Gasteiger partial charge in [0.2, 0.25) is 11.3 Å². The van der Waals surface area contributed by atoms with Crippen molar-refractivity contribution in [3.8, 4) is 0 Å². The SMILES string of the molecule is O=C(Cn1cc(C(=O)c2ccncc2)c(=O)c2cc(Br)ccc21)Nc1cccc(F)c1. The summed E-state index contributed by atoms with van der Waals surface area (Å²) < 4.78 is 15.6. The molecular formula is C23H15BrFN3O3. The maximum absolute atomic E-state index is 13.4. The van der Waals surface area contributed by atoms with Gasteiger partial charge in [-0.2, -0.15) is 0 Å². The smallest absolute Gasteiger partial charge is 0.244 e. The molecule has 0 saturated heterocycles. The summed E-state index contributed by atoms with van der Waals surface area (Å²) >= 11 is 3.34. The van der Waals surface area contributed by atoms with Gasteiger partial charge in [-0.1, -0.05) is 22.0 Å². The number of nitrogens with one attached hydrogen (secondary N) is 1. The number of nitrogens with zero attached hydrogens (tertiary/aromatic N) is 2. The molecule has 4 aromatic rings. The molecule has 2 aromatic carbocycles. The first-order valence-electron chi connectivity index (χ1n) is 9.25. The van der Waals surface area contributed by atoms with Gasteiger partial charge in [0.25, 0.3) is 0 Å². The van der Waals surface area contributed by atoms with Crippen molar-refractivity contribution in [2.24, 2.45) is 0 Å². The van der Waals surface area contributed by atoms with Crippen molar-refractivity contribution >= 4 is 44.2 Å². The molecule has 1 N–H and O–H groups in total. The second-order valence-electron chi connectivity index (χ2n) is 6.78. The van der Waals surface area contributed by atoms with E-state index in [-0.39, 0.29) is 12.1 Å². The van der Waals surface area contributed by atoms with Gasteiger partial charge in [0.1, 0.15) is 12.4 Å². The zero-order valence-electron chi connectivity index (χ0n) is 16.0. The molecule has 154 valence electrons. The number of aromatic nitrogens is 2. The highest BCUT2D eigenvalue weighted by Crippen LogP contribution is 2.20. The second-order valence-corrected chi connectivity index (χ2v) is 7.70. The average molecular weight is 480 g/mol. The summed E-state index contributed by atoms with van der Waals surface area (Å²) in [6.45, 7) is -0.175. The van der Waals surface area contributed by atoms with Gasteiger partial charge in [-0.25, -0.2) is 4.39 Å². The summed E-state index contributed by atoms with van der Waals surface area (Å²) in [5, 5.41) is 2.92. The Labute approximate surface area is 184 Å². The van der Waals surface area contributed by atoms with Crippen molar-refractivity contribution in [1.82, 2.24) is 9.55 Å². The molecule has 1 amide bonds. The summed E-state index contributed by atoms with van der Waals surface area (Å²) in [7, 11) is 0. The number of carbonyl (C=O) groups is 2. The molecule has 0 aliphatic rings. The second kappa shape index (κ2) is 8.61. The zero-order chi connectivity index (χ0) is 22.0. The number of rotatable bonds is 5. The topological polar surface area (TPSA) is 81.1 Å². The minimum Gasteiger partial charge on any atom is -0.337 e. The van der Waals surface area contributed by atoms with Crippen LogP contribution in [0.4, 0.5) is 10.1 Å². The van der Waals surface area contributed by atoms with Gasteiger partial charge in [0, 0.05) is 39.7 Å². The molecule has 0 atom stereocenters. The lowest BCUT2D eigenvalue weighted by molar-refractivity contribution is -0.116. The lowest BCUT2D eigenvalue weighted by Gasteiger charge is -2.14. The number of fused-ring (bicyclic) bond motifs is 1. The van der Waals surface area contributed by atoms with Crippen LogP contribution in [0.3, 0.4) is 0 Å². The van der Waals surface area contributed by atoms with Crippen LogP contribution in [0.1, 0.15) is 15.9 Å². The lowest BCUT2D eigenvalue weighted by atomic mass is 10.0. The highest BCUT2D eigenvalue weighted by molar-refractivity contribution is 9.10. The van der Waals surface area contributed by atoms with E-state index in [0.717, 1.165) is 0 Å². The van der Waals surface area contributed by atoms with Crippen molar-refractivity contribution < 1.29 is 14.0 Å². The van der Waals surface area contributed by atoms with Crippen LogP contribution >= 0.6 is 15.9 Å². The fourth-order valence-electron chi connectivity index (χ4n) is 3.24. The maximum atomic E-state index is 13.4. The Bertz CT molecular complexity index is 1370. The number of hydrogen-bond acceptors (Lipinski definition) is 4. The Morgan fingerprint density at radius 2 is 1.84 bits per heavy atom. The minimum absolute atomic E-state index is 0.0599. The quantitative estimate of drug-likeness (QED) is 0.435. The third-order valence-corrected chi connectivity index (χ3v) is 5.14. The number of anilines is 1. The van der Waals surface area contributed by atoms with Crippen molar-refractivity contribution in [3.05, 3.63) is 105 Å². The number of amides is 1. The van der Waals surface area contributed by atoms with Gasteiger partial charge in [0.15, 0.2) is 5.78 Å². The third kappa shape index (κ3) is 4.44. The van der Waals surface area contributed by atoms with E-state index in [0.29, 0.717) is 26.6 Å². The highest BCUT2D eigenvalue weighted by atomic mass is 79.9. The fraction of sp³-hybridized carbons (Fsp3) is 0.0435. The lowest BCUT2D eigenvalue weighted by Crippen LogP contribution is -2.24. The van der Waals surface area contributed by atoms with E-state index in [9.17, 15) is 18.8 Å². The van der Waals surface area contributed by atoms with Crippen molar-refractivity contribution in [2.45, 2.75) is 6.54 Å². The van der Waals surface area contributed by atoms with Crippen molar-refractivity contribution in [2.75, 3.05) is 5.32 Å². The van der Waals surface area contributed by atoms with Gasteiger partial charge in [-0.15, -0.1) is 0 Å². The third-order valence-electron chi connectivity index (χ3n) is 4.65. The summed E-state index contributed by atoms with van der Waals surface area (Å²) in [6.07, 6.45) is 4.32. The molecular weight excluding hydrogens is 465 g/mol. The molecule has 2 aromatic heterocycles. The molecule has 4 rings (SSSR count). The summed E-state index contributed by atoms with van der Waals surface area (Å²) in [5.41, 5.74) is 0.632. The molecule has 0 saturated carbocycles. The predicted molar refractivity (Wildman–Crippen MR) is 119 cm³/mol. The van der Waals surface area contributed by atoms with Crippen LogP contribution in [0.15, 0.2) is 82.5 Å². The molecule has 8 heteroatoms. The Hall–Kier alpha value is -3.65. The van der Waals surface area contributed by atoms with E-state index in [4.69, 9.17) is 0 Å². The molecule has 0 aliphatic carbocycles. The average Bonchev–Trinajstić information content (AvgIpc) is 2.76. The van der Waals surface area contributed by atoms with Crippen molar-refractivity contribution in [1.29, 1.82) is 0 Å². The highest BCUT2D eigenvalue weighted by Gasteiger charge is 2.18. The zero-order valence-corrected chi connectivity index (χ0v) is 17.6. The largest absolute Gasteiger partial charge is 0.337 e. The number of pyridine rings is 2. The predicted octanol–water partition coefficient (Wildman–Crippen LogP) is 4.17. The standard InChI is InChI=1S/C23H15BrFN3O3/c24-15-4-5-20-18(10-15)23(31)19(22(30)14-6-8-26-9-7-14)12-28(20)13-21(29)27-17-3-1-2-16(25)11-17/h1-12H,13H2,(H,27,29). The fourth-order valence-corrected chi connectivity index (χ4v) is 3.60. The Morgan fingerprint density at radius 1 is 1.06 bits per heavy atom. The number of carbonyl (C=O) groups excluding carboxylic acids is 2. The van der Waals surface area contributed by atoms with Crippen molar-refractivity contribution in [3.63, 3.8) is 0 Å². The first-order chi connectivity index (χ1) is 14.9. The van der Waals surface area contributed by atoms with E-state index in [1.54, 1.807) is 24.3 Å². The van der Waals surface area contributed by atoms with E-state index < -0.39 is 22.9 Å². The molecule has 0 fully saturated rings. The number of hydrogen-bond donors (Lipinski definition) is 1. The van der Waals surface area contributed by atoms with Crippen LogP contribution in [0.2, 0.25) is 0 Å². The van der Waals surface area contributed by atoms with Crippen LogP contribution in [0, 0.1) is 5.82 Å². The summed E-state index contributed by atoms with van der Waals surface area (Å²) in [6, 6.07) is 13.6. The molecule has 0 bridgehead atoms. The normalized spacial score (nSPS) is 10.8. The molecule has 0 spiro atoms.